The highest BCUT2D eigenvalue weighted by Crippen LogP contribution is 2.35. The molecular weight excluding hydrogens is 268 g/mol. The molecule has 2 aromatic rings. The third kappa shape index (κ3) is 2.58. The van der Waals surface area contributed by atoms with E-state index in [0.29, 0.717) is 11.9 Å². The van der Waals surface area contributed by atoms with E-state index >= 15 is 0 Å². The summed E-state index contributed by atoms with van der Waals surface area (Å²) in [7, 11) is 0. The second-order valence-corrected chi connectivity index (χ2v) is 6.63. The van der Waals surface area contributed by atoms with Crippen LogP contribution in [0.3, 0.4) is 0 Å². The Morgan fingerprint density at radius 1 is 1.35 bits per heavy atom. The lowest BCUT2D eigenvalue weighted by atomic mass is 9.86. The molecule has 2 unspecified atom stereocenters. The molecule has 0 N–H and O–H groups in total. The van der Waals surface area contributed by atoms with Crippen LogP contribution in [-0.2, 0) is 6.42 Å². The van der Waals surface area contributed by atoms with E-state index in [1.807, 2.05) is 0 Å². The summed E-state index contributed by atoms with van der Waals surface area (Å²) in [6, 6.07) is 7.17. The summed E-state index contributed by atoms with van der Waals surface area (Å²) in [6.07, 6.45) is 6.11. The highest BCUT2D eigenvalue weighted by atomic mass is 35.5. The molecule has 20 heavy (non-hydrogen) atoms. The number of hydrogen-bond acceptors (Lipinski definition) is 1. The minimum absolute atomic E-state index is 0.601. The van der Waals surface area contributed by atoms with E-state index in [2.05, 4.69) is 36.6 Å². The lowest BCUT2D eigenvalue weighted by Gasteiger charge is -2.29. The van der Waals surface area contributed by atoms with Crippen molar-refractivity contribution in [2.45, 2.75) is 52.0 Å². The number of aromatic nitrogens is 2. The van der Waals surface area contributed by atoms with Crippen molar-refractivity contribution in [1.29, 1.82) is 0 Å². The van der Waals surface area contributed by atoms with Crippen LogP contribution in [0.2, 0.25) is 0 Å². The Kier molecular flexibility index (Phi) is 4.02. The Bertz CT molecular complexity index is 602. The van der Waals surface area contributed by atoms with Crippen molar-refractivity contribution in [1.82, 2.24) is 9.55 Å². The quantitative estimate of drug-likeness (QED) is 0.737. The first kappa shape index (κ1) is 13.9. The van der Waals surface area contributed by atoms with Gasteiger partial charge in [-0.2, -0.15) is 0 Å². The molecule has 1 heterocycles. The zero-order chi connectivity index (χ0) is 14.1. The Morgan fingerprint density at radius 3 is 2.95 bits per heavy atom. The van der Waals surface area contributed by atoms with Crippen LogP contribution >= 0.6 is 11.6 Å². The van der Waals surface area contributed by atoms with Crippen molar-refractivity contribution in [3.63, 3.8) is 0 Å². The lowest BCUT2D eigenvalue weighted by Crippen LogP contribution is -2.19. The minimum atomic E-state index is 0.601. The molecule has 0 saturated heterocycles. The number of imidazole rings is 1. The molecule has 0 bridgehead atoms. The van der Waals surface area contributed by atoms with Crippen molar-refractivity contribution in [3.05, 3.63) is 29.6 Å². The molecule has 3 heteroatoms. The van der Waals surface area contributed by atoms with Gasteiger partial charge in [0.15, 0.2) is 0 Å². The molecule has 1 aromatic carbocycles. The van der Waals surface area contributed by atoms with Crippen LogP contribution in [0.25, 0.3) is 11.0 Å². The molecule has 1 fully saturated rings. The van der Waals surface area contributed by atoms with Gasteiger partial charge in [0.25, 0.3) is 0 Å². The first-order valence-electron chi connectivity index (χ1n) is 7.72. The molecule has 2 nitrogen and oxygen atoms in total. The largest absolute Gasteiger partial charge is 0.325 e. The van der Waals surface area contributed by atoms with Crippen LogP contribution in [0.15, 0.2) is 18.2 Å². The fraction of sp³-hybridized carbons (Fsp3) is 0.588. The first-order valence-corrected chi connectivity index (χ1v) is 8.26. The average molecular weight is 291 g/mol. The summed E-state index contributed by atoms with van der Waals surface area (Å²) in [5, 5.41) is 0. The number of aryl methyl sites for hydroxylation is 2. The average Bonchev–Trinajstić information content (AvgIpc) is 2.76. The molecule has 3 rings (SSSR count). The van der Waals surface area contributed by atoms with Gasteiger partial charge in [-0.05, 0) is 43.4 Å². The number of hydrogen-bond donors (Lipinski definition) is 0. The second-order valence-electron chi connectivity index (χ2n) is 6.25. The Morgan fingerprint density at radius 2 is 2.20 bits per heavy atom. The molecule has 1 aliphatic rings. The van der Waals surface area contributed by atoms with Gasteiger partial charge in [0, 0.05) is 18.3 Å². The van der Waals surface area contributed by atoms with E-state index in [9.17, 15) is 0 Å². The molecular formula is C17H23ClN2. The van der Waals surface area contributed by atoms with Crippen LogP contribution in [-0.4, -0.2) is 15.4 Å². The maximum atomic E-state index is 5.98. The number of halogens is 1. The van der Waals surface area contributed by atoms with Gasteiger partial charge in [-0.3, -0.25) is 0 Å². The normalized spacial score (nSPS) is 23.4. The third-order valence-corrected chi connectivity index (χ3v) is 4.70. The standard InChI is InChI=1S/C17H23ClN2/c1-12-4-3-5-14(10-12)20-16-11-13(2)6-7-15(16)19-17(20)8-9-18/h6-7,11-12,14H,3-5,8-10H2,1-2H3. The van der Waals surface area contributed by atoms with E-state index < -0.39 is 0 Å². The molecule has 1 saturated carbocycles. The smallest absolute Gasteiger partial charge is 0.111 e. The van der Waals surface area contributed by atoms with E-state index in [-0.39, 0.29) is 0 Å². The minimum Gasteiger partial charge on any atom is -0.325 e. The molecule has 2 atom stereocenters. The lowest BCUT2D eigenvalue weighted by molar-refractivity contribution is 0.283. The molecule has 0 amide bonds. The summed E-state index contributed by atoms with van der Waals surface area (Å²) in [4.78, 5) is 4.82. The molecule has 0 spiro atoms. The first-order chi connectivity index (χ1) is 9.69. The number of rotatable bonds is 3. The molecule has 108 valence electrons. The van der Waals surface area contributed by atoms with E-state index in [4.69, 9.17) is 16.6 Å². The van der Waals surface area contributed by atoms with Gasteiger partial charge in [-0.1, -0.05) is 25.8 Å². The maximum Gasteiger partial charge on any atom is 0.111 e. The van der Waals surface area contributed by atoms with Gasteiger partial charge in [-0.15, -0.1) is 11.6 Å². The Hall–Kier alpha value is -1.02. The van der Waals surface area contributed by atoms with Crippen molar-refractivity contribution in [3.8, 4) is 0 Å². The Labute approximate surface area is 126 Å². The summed E-state index contributed by atoms with van der Waals surface area (Å²) < 4.78 is 2.49. The third-order valence-electron chi connectivity index (χ3n) is 4.51. The fourth-order valence-electron chi connectivity index (χ4n) is 3.56. The topological polar surface area (TPSA) is 17.8 Å². The van der Waals surface area contributed by atoms with Crippen LogP contribution < -0.4 is 0 Å². The van der Waals surface area contributed by atoms with Gasteiger partial charge in [0.05, 0.1) is 11.0 Å². The van der Waals surface area contributed by atoms with E-state index in [0.717, 1.165) is 17.9 Å². The van der Waals surface area contributed by atoms with Crippen LogP contribution in [0.5, 0.6) is 0 Å². The Balaban J connectivity index is 2.09. The maximum absolute atomic E-state index is 5.98. The van der Waals surface area contributed by atoms with Crippen LogP contribution in [0.4, 0.5) is 0 Å². The van der Waals surface area contributed by atoms with Crippen molar-refractivity contribution in [2.24, 2.45) is 5.92 Å². The summed E-state index contributed by atoms with van der Waals surface area (Å²) >= 11 is 5.98. The van der Waals surface area contributed by atoms with Crippen LogP contribution in [0, 0.1) is 12.8 Å². The summed E-state index contributed by atoms with van der Waals surface area (Å²) in [5.41, 5.74) is 3.72. The molecule has 0 aliphatic heterocycles. The number of fused-ring (bicyclic) bond motifs is 1. The predicted molar refractivity (Wildman–Crippen MR) is 85.6 cm³/mol. The molecule has 0 radical (unpaired) electrons. The van der Waals surface area contributed by atoms with Gasteiger partial charge in [-0.25, -0.2) is 4.98 Å². The zero-order valence-electron chi connectivity index (χ0n) is 12.4. The zero-order valence-corrected chi connectivity index (χ0v) is 13.2. The van der Waals surface area contributed by atoms with Crippen molar-refractivity contribution >= 4 is 22.6 Å². The highest BCUT2D eigenvalue weighted by molar-refractivity contribution is 6.17. The van der Waals surface area contributed by atoms with Crippen LogP contribution in [0.1, 0.15) is 50.0 Å². The number of nitrogens with zero attached hydrogens (tertiary/aromatic N) is 2. The fourth-order valence-corrected chi connectivity index (χ4v) is 3.73. The summed E-state index contributed by atoms with van der Waals surface area (Å²) in [6.45, 7) is 4.53. The van der Waals surface area contributed by atoms with E-state index in [1.54, 1.807) is 0 Å². The molecule has 1 aromatic heterocycles. The highest BCUT2D eigenvalue weighted by Gasteiger charge is 2.24. The van der Waals surface area contributed by atoms with Gasteiger partial charge >= 0.3 is 0 Å². The van der Waals surface area contributed by atoms with Gasteiger partial charge in [0.1, 0.15) is 5.82 Å². The predicted octanol–water partition coefficient (Wildman–Crippen LogP) is 4.88. The second kappa shape index (κ2) is 5.77. The SMILES string of the molecule is Cc1ccc2nc(CCCl)n(C3CCCC(C)C3)c2c1. The molecule has 1 aliphatic carbocycles. The van der Waals surface area contributed by atoms with Crippen molar-refractivity contribution < 1.29 is 0 Å². The number of alkyl halides is 1. The van der Waals surface area contributed by atoms with Crippen molar-refractivity contribution in [2.75, 3.05) is 5.88 Å². The van der Waals surface area contributed by atoms with E-state index in [1.165, 1.54) is 42.6 Å². The van der Waals surface area contributed by atoms with Gasteiger partial charge < -0.3 is 4.57 Å². The monoisotopic (exact) mass is 290 g/mol. The van der Waals surface area contributed by atoms with Gasteiger partial charge in [0.2, 0.25) is 0 Å². The number of benzene rings is 1. The summed E-state index contributed by atoms with van der Waals surface area (Å²) in [5.74, 6) is 2.63.